The maximum Gasteiger partial charge on any atom is 0.273 e. The van der Waals surface area contributed by atoms with Gasteiger partial charge in [-0.3, -0.25) is 16.0 Å². The van der Waals surface area contributed by atoms with Crippen LogP contribution in [0.2, 0.25) is 0 Å². The molecule has 0 heterocycles. The van der Waals surface area contributed by atoms with Crippen molar-refractivity contribution in [2.24, 2.45) is 5.84 Å². The van der Waals surface area contributed by atoms with Gasteiger partial charge in [0.2, 0.25) is 0 Å². The number of anilines is 2. The fraction of sp³-hybridized carbons (Fsp3) is 0.143. The first-order chi connectivity index (χ1) is 10.1. The third-order valence-corrected chi connectivity index (χ3v) is 3.02. The number of nitrogens with one attached hydrogen (secondary N) is 2. The van der Waals surface area contributed by atoms with Gasteiger partial charge in [-0.25, -0.2) is 0 Å². The van der Waals surface area contributed by atoms with Gasteiger partial charge >= 0.3 is 0 Å². The Bertz CT molecular complexity index is 619. The van der Waals surface area contributed by atoms with E-state index in [1.54, 1.807) is 6.07 Å². The van der Waals surface area contributed by atoms with E-state index in [2.05, 4.69) is 10.7 Å². The molecule has 0 aromatic heterocycles. The summed E-state index contributed by atoms with van der Waals surface area (Å²) in [5.41, 5.74) is 4.10. The summed E-state index contributed by atoms with van der Waals surface area (Å²) >= 11 is 0. The van der Waals surface area contributed by atoms with E-state index in [0.29, 0.717) is 11.4 Å². The summed E-state index contributed by atoms with van der Waals surface area (Å²) in [5.74, 6) is 5.31. The highest BCUT2D eigenvalue weighted by Gasteiger charge is 2.14. The van der Waals surface area contributed by atoms with Crippen molar-refractivity contribution in [2.45, 2.75) is 6.04 Å². The molecule has 0 spiro atoms. The van der Waals surface area contributed by atoms with E-state index in [4.69, 9.17) is 5.84 Å². The van der Waals surface area contributed by atoms with Gasteiger partial charge in [-0.15, -0.1) is 0 Å². The number of aliphatic hydroxyl groups is 1. The van der Waals surface area contributed by atoms with Gasteiger partial charge in [0.1, 0.15) is 0 Å². The molecular weight excluding hydrogens is 272 g/mol. The average molecular weight is 288 g/mol. The predicted molar refractivity (Wildman–Crippen MR) is 80.8 cm³/mol. The Balaban J connectivity index is 2.29. The van der Waals surface area contributed by atoms with E-state index in [0.717, 1.165) is 5.56 Å². The lowest BCUT2D eigenvalue weighted by Gasteiger charge is -2.18. The molecule has 2 rings (SSSR count). The van der Waals surface area contributed by atoms with Crippen molar-refractivity contribution in [1.29, 1.82) is 0 Å². The second kappa shape index (κ2) is 6.69. The number of non-ortho nitro benzene ring substituents is 1. The summed E-state index contributed by atoms with van der Waals surface area (Å²) in [6.07, 6.45) is 0. The number of nitro benzene ring substituents is 1. The maximum absolute atomic E-state index is 10.9. The third kappa shape index (κ3) is 3.68. The monoisotopic (exact) mass is 288 g/mol. The van der Waals surface area contributed by atoms with E-state index >= 15 is 0 Å². The summed E-state index contributed by atoms with van der Waals surface area (Å²) in [5, 5.41) is 23.5. The van der Waals surface area contributed by atoms with Crippen molar-refractivity contribution >= 4 is 17.1 Å². The Morgan fingerprint density at radius 2 is 1.86 bits per heavy atom. The minimum Gasteiger partial charge on any atom is -0.394 e. The summed E-state index contributed by atoms with van der Waals surface area (Å²) < 4.78 is 0. The van der Waals surface area contributed by atoms with Gasteiger partial charge in [0.25, 0.3) is 5.69 Å². The molecular formula is C14H16N4O3. The number of hydrogen-bond donors (Lipinski definition) is 4. The third-order valence-electron chi connectivity index (χ3n) is 3.02. The van der Waals surface area contributed by atoms with E-state index in [1.165, 1.54) is 12.1 Å². The fourth-order valence-corrected chi connectivity index (χ4v) is 2.00. The van der Waals surface area contributed by atoms with Crippen molar-refractivity contribution in [3.05, 3.63) is 64.2 Å². The fourth-order valence-electron chi connectivity index (χ4n) is 2.00. The van der Waals surface area contributed by atoms with Crippen LogP contribution in [-0.2, 0) is 0 Å². The van der Waals surface area contributed by atoms with Crippen molar-refractivity contribution in [3.63, 3.8) is 0 Å². The lowest BCUT2D eigenvalue weighted by atomic mass is 10.1. The molecule has 0 radical (unpaired) electrons. The predicted octanol–water partition coefficient (Wildman–Crippen LogP) is 2.03. The molecule has 0 bridgehead atoms. The number of nitrogens with zero attached hydrogens (tertiary/aromatic N) is 1. The SMILES string of the molecule is NNc1cc(NC(CO)c2ccccc2)cc([N+](=O)[O-])c1. The number of nitrogens with two attached hydrogens (primary N) is 1. The molecule has 0 aliphatic rings. The molecule has 0 aliphatic carbocycles. The minimum absolute atomic E-state index is 0.0855. The highest BCUT2D eigenvalue weighted by Crippen LogP contribution is 2.27. The standard InChI is InChI=1S/C14H16N4O3/c15-17-12-6-11(7-13(8-12)18(20)21)16-14(9-19)10-4-2-1-3-5-10/h1-8,14,16-17,19H,9,15H2. The van der Waals surface area contributed by atoms with Gasteiger partial charge in [-0.1, -0.05) is 30.3 Å². The normalized spacial score (nSPS) is 11.7. The van der Waals surface area contributed by atoms with Crippen LogP contribution in [0.1, 0.15) is 11.6 Å². The molecule has 1 atom stereocenters. The second-order valence-electron chi connectivity index (χ2n) is 4.46. The quantitative estimate of drug-likeness (QED) is 0.367. The van der Waals surface area contributed by atoms with Crippen LogP contribution >= 0.6 is 0 Å². The number of rotatable bonds is 6. The molecule has 2 aromatic rings. The minimum atomic E-state index is -0.498. The molecule has 21 heavy (non-hydrogen) atoms. The molecule has 7 nitrogen and oxygen atoms in total. The van der Waals surface area contributed by atoms with Gasteiger partial charge in [0.15, 0.2) is 0 Å². The Morgan fingerprint density at radius 1 is 1.19 bits per heavy atom. The molecule has 0 aliphatic heterocycles. The Morgan fingerprint density at radius 3 is 2.43 bits per heavy atom. The molecule has 0 amide bonds. The molecule has 7 heteroatoms. The van der Waals surface area contributed by atoms with Crippen LogP contribution in [0, 0.1) is 10.1 Å². The number of hydrogen-bond acceptors (Lipinski definition) is 6. The van der Waals surface area contributed by atoms with Crippen molar-refractivity contribution < 1.29 is 10.0 Å². The Hall–Kier alpha value is -2.64. The second-order valence-corrected chi connectivity index (χ2v) is 4.46. The van der Waals surface area contributed by atoms with E-state index in [1.807, 2.05) is 30.3 Å². The van der Waals surface area contributed by atoms with Crippen LogP contribution in [0.5, 0.6) is 0 Å². The number of aliphatic hydroxyl groups excluding tert-OH is 1. The lowest BCUT2D eigenvalue weighted by molar-refractivity contribution is -0.384. The summed E-state index contributed by atoms with van der Waals surface area (Å²) in [7, 11) is 0. The van der Waals surface area contributed by atoms with Crippen LogP contribution in [0.4, 0.5) is 17.1 Å². The number of hydrazine groups is 1. The van der Waals surface area contributed by atoms with Gasteiger partial charge in [0.05, 0.1) is 23.3 Å². The highest BCUT2D eigenvalue weighted by atomic mass is 16.6. The lowest BCUT2D eigenvalue weighted by Crippen LogP contribution is -2.15. The van der Waals surface area contributed by atoms with E-state index in [-0.39, 0.29) is 18.3 Å². The maximum atomic E-state index is 10.9. The Labute approximate surface area is 121 Å². The van der Waals surface area contributed by atoms with Crippen molar-refractivity contribution in [1.82, 2.24) is 0 Å². The molecule has 0 saturated carbocycles. The number of nitrogen functional groups attached to an aromatic ring is 1. The first kappa shape index (κ1) is 14.8. The van der Waals surface area contributed by atoms with Crippen LogP contribution < -0.4 is 16.6 Å². The zero-order chi connectivity index (χ0) is 15.2. The molecule has 5 N–H and O–H groups in total. The van der Waals surface area contributed by atoms with E-state index < -0.39 is 4.92 Å². The smallest absolute Gasteiger partial charge is 0.273 e. The highest BCUT2D eigenvalue weighted by molar-refractivity contribution is 5.63. The number of nitro groups is 1. The molecule has 0 saturated heterocycles. The van der Waals surface area contributed by atoms with Gasteiger partial charge in [-0.2, -0.15) is 0 Å². The van der Waals surface area contributed by atoms with Gasteiger partial charge < -0.3 is 15.8 Å². The van der Waals surface area contributed by atoms with Crippen molar-refractivity contribution in [3.8, 4) is 0 Å². The summed E-state index contributed by atoms with van der Waals surface area (Å²) in [4.78, 5) is 10.4. The van der Waals surface area contributed by atoms with Crippen molar-refractivity contribution in [2.75, 3.05) is 17.3 Å². The number of benzene rings is 2. The van der Waals surface area contributed by atoms with Crippen LogP contribution in [0.3, 0.4) is 0 Å². The first-order valence-electron chi connectivity index (χ1n) is 6.32. The first-order valence-corrected chi connectivity index (χ1v) is 6.32. The molecule has 0 fully saturated rings. The van der Waals surface area contributed by atoms with Crippen LogP contribution in [0.25, 0.3) is 0 Å². The zero-order valence-electron chi connectivity index (χ0n) is 11.2. The van der Waals surface area contributed by atoms with Crippen LogP contribution in [-0.4, -0.2) is 16.6 Å². The zero-order valence-corrected chi connectivity index (χ0v) is 11.2. The largest absolute Gasteiger partial charge is 0.394 e. The molecule has 1 unspecified atom stereocenters. The summed E-state index contributed by atoms with van der Waals surface area (Å²) in [6.45, 7) is -0.141. The van der Waals surface area contributed by atoms with E-state index in [9.17, 15) is 15.2 Å². The average Bonchev–Trinajstić information content (AvgIpc) is 2.53. The van der Waals surface area contributed by atoms with Crippen LogP contribution in [0.15, 0.2) is 48.5 Å². The Kier molecular flexibility index (Phi) is 4.70. The van der Waals surface area contributed by atoms with Gasteiger partial charge in [0, 0.05) is 17.8 Å². The summed E-state index contributed by atoms with van der Waals surface area (Å²) in [6, 6.07) is 13.3. The van der Waals surface area contributed by atoms with Gasteiger partial charge in [-0.05, 0) is 11.6 Å². The molecule has 2 aromatic carbocycles. The molecule has 110 valence electrons. The topological polar surface area (TPSA) is 113 Å².